The van der Waals surface area contributed by atoms with Crippen molar-refractivity contribution in [1.82, 2.24) is 4.98 Å². The fraction of sp³-hybridized carbons (Fsp3) is 0.458. The molecule has 2 heterocycles. The van der Waals surface area contributed by atoms with E-state index >= 15 is 0 Å². The fourth-order valence-corrected chi connectivity index (χ4v) is 5.79. The first kappa shape index (κ1) is 24.8. The van der Waals surface area contributed by atoms with Crippen LogP contribution in [0, 0.1) is 29.6 Å². The Kier molecular flexibility index (Phi) is 8.49. The SMILES string of the molecule is CCOC(=O)c1sc(NC(=O)C(CC)Sc2nc3c(cc2C#N)CCCCC3)c(C#N)c1C. The summed E-state index contributed by atoms with van der Waals surface area (Å²) in [4.78, 5) is 30.4. The molecule has 1 atom stereocenters. The number of amides is 1. The van der Waals surface area contributed by atoms with Crippen LogP contribution in [0.15, 0.2) is 11.1 Å². The van der Waals surface area contributed by atoms with Crippen LogP contribution in [0.5, 0.6) is 0 Å². The van der Waals surface area contributed by atoms with Gasteiger partial charge in [-0.15, -0.1) is 11.3 Å². The van der Waals surface area contributed by atoms with Gasteiger partial charge in [0.1, 0.15) is 27.0 Å². The van der Waals surface area contributed by atoms with E-state index in [9.17, 15) is 20.1 Å². The Morgan fingerprint density at radius 3 is 2.67 bits per heavy atom. The minimum Gasteiger partial charge on any atom is -0.462 e. The highest BCUT2D eigenvalue weighted by Gasteiger charge is 2.26. The Morgan fingerprint density at radius 2 is 2.00 bits per heavy atom. The van der Waals surface area contributed by atoms with E-state index in [2.05, 4.69) is 17.5 Å². The Morgan fingerprint density at radius 1 is 1.24 bits per heavy atom. The molecule has 9 heteroatoms. The van der Waals surface area contributed by atoms with Crippen LogP contribution in [0.25, 0.3) is 0 Å². The van der Waals surface area contributed by atoms with Gasteiger partial charge in [-0.25, -0.2) is 9.78 Å². The summed E-state index contributed by atoms with van der Waals surface area (Å²) >= 11 is 2.31. The number of hydrogen-bond donors (Lipinski definition) is 1. The third-order valence-corrected chi connectivity index (χ3v) is 8.06. The minimum atomic E-state index is -0.508. The summed E-state index contributed by atoms with van der Waals surface area (Å²) in [6.07, 6.45) is 5.64. The standard InChI is InChI=1S/C24H26N4O3S2/c1-4-19(32-22-16(12-25)11-15-9-7-6-8-10-18(15)27-22)21(29)28-23-17(13-26)14(3)20(33-23)24(30)31-5-2/h11,19H,4-10H2,1-3H3,(H,28,29). The number of carbonyl (C=O) groups is 2. The van der Waals surface area contributed by atoms with E-state index < -0.39 is 11.2 Å². The second-order valence-electron chi connectivity index (χ2n) is 7.72. The highest BCUT2D eigenvalue weighted by Crippen LogP contribution is 2.35. The van der Waals surface area contributed by atoms with E-state index in [-0.39, 0.29) is 18.1 Å². The van der Waals surface area contributed by atoms with E-state index in [4.69, 9.17) is 9.72 Å². The van der Waals surface area contributed by atoms with Crippen LogP contribution in [-0.4, -0.2) is 28.7 Å². The van der Waals surface area contributed by atoms with Gasteiger partial charge in [0, 0.05) is 5.69 Å². The predicted octanol–water partition coefficient (Wildman–Crippen LogP) is 5.15. The summed E-state index contributed by atoms with van der Waals surface area (Å²) in [6.45, 7) is 5.50. The Labute approximate surface area is 202 Å². The van der Waals surface area contributed by atoms with Crippen LogP contribution in [-0.2, 0) is 22.4 Å². The molecule has 0 fully saturated rings. The zero-order chi connectivity index (χ0) is 24.0. The van der Waals surface area contributed by atoms with E-state index in [0.717, 1.165) is 54.7 Å². The van der Waals surface area contributed by atoms with Crippen LogP contribution in [0.3, 0.4) is 0 Å². The number of ether oxygens (including phenoxy) is 1. The number of nitrogens with zero attached hydrogens (tertiary/aromatic N) is 3. The summed E-state index contributed by atoms with van der Waals surface area (Å²) in [5.41, 5.74) is 3.39. The van der Waals surface area contributed by atoms with Gasteiger partial charge in [-0.05, 0) is 63.1 Å². The predicted molar refractivity (Wildman–Crippen MR) is 129 cm³/mol. The lowest BCUT2D eigenvalue weighted by Gasteiger charge is -2.16. The van der Waals surface area contributed by atoms with Gasteiger partial charge in [-0.2, -0.15) is 10.5 Å². The molecule has 2 aromatic heterocycles. The van der Waals surface area contributed by atoms with Crippen molar-refractivity contribution >= 4 is 40.0 Å². The van der Waals surface area contributed by atoms with Crippen molar-refractivity contribution in [1.29, 1.82) is 10.5 Å². The molecule has 7 nitrogen and oxygen atoms in total. The molecule has 3 rings (SSSR count). The van der Waals surface area contributed by atoms with Gasteiger partial charge in [-0.3, -0.25) is 4.79 Å². The number of aryl methyl sites for hydroxylation is 2. The number of nitrogens with one attached hydrogen (secondary N) is 1. The first-order valence-corrected chi connectivity index (χ1v) is 12.7. The molecule has 2 aromatic rings. The molecular formula is C24H26N4O3S2. The molecule has 0 bridgehead atoms. The maximum absolute atomic E-state index is 13.1. The number of fused-ring (bicyclic) bond motifs is 1. The number of esters is 1. The van der Waals surface area contributed by atoms with Crippen molar-refractivity contribution in [3.8, 4) is 12.1 Å². The largest absolute Gasteiger partial charge is 0.462 e. The normalized spacial score (nSPS) is 13.7. The summed E-state index contributed by atoms with van der Waals surface area (Å²) in [7, 11) is 0. The Balaban J connectivity index is 1.84. The van der Waals surface area contributed by atoms with Gasteiger partial charge in [0.05, 0.1) is 23.0 Å². The lowest BCUT2D eigenvalue weighted by atomic mass is 10.1. The molecule has 0 saturated carbocycles. The lowest BCUT2D eigenvalue weighted by molar-refractivity contribution is -0.115. The maximum Gasteiger partial charge on any atom is 0.348 e. The molecule has 1 unspecified atom stereocenters. The van der Waals surface area contributed by atoms with Gasteiger partial charge in [-0.1, -0.05) is 25.1 Å². The van der Waals surface area contributed by atoms with Crippen LogP contribution in [0.4, 0.5) is 5.00 Å². The van der Waals surface area contributed by atoms with Crippen molar-refractivity contribution in [3.63, 3.8) is 0 Å². The lowest BCUT2D eigenvalue weighted by Crippen LogP contribution is -2.25. The number of nitriles is 2. The van der Waals surface area contributed by atoms with E-state index in [1.165, 1.54) is 11.8 Å². The number of aromatic nitrogens is 1. The minimum absolute atomic E-state index is 0.226. The van der Waals surface area contributed by atoms with E-state index in [0.29, 0.717) is 32.5 Å². The molecule has 0 aliphatic heterocycles. The third-order valence-electron chi connectivity index (χ3n) is 5.51. The van der Waals surface area contributed by atoms with Crippen LogP contribution in [0.1, 0.15) is 77.2 Å². The molecule has 1 aliphatic rings. The number of thiophene rings is 1. The van der Waals surface area contributed by atoms with Gasteiger partial charge >= 0.3 is 5.97 Å². The second kappa shape index (κ2) is 11.3. The van der Waals surface area contributed by atoms with Crippen LogP contribution in [0.2, 0.25) is 0 Å². The summed E-state index contributed by atoms with van der Waals surface area (Å²) in [5, 5.41) is 22.4. The molecular weight excluding hydrogens is 456 g/mol. The number of carbonyl (C=O) groups excluding carboxylic acids is 2. The first-order chi connectivity index (χ1) is 15.9. The van der Waals surface area contributed by atoms with Gasteiger partial charge in [0.15, 0.2) is 0 Å². The first-order valence-electron chi connectivity index (χ1n) is 11.0. The molecule has 33 heavy (non-hydrogen) atoms. The molecule has 0 radical (unpaired) electrons. The zero-order valence-corrected chi connectivity index (χ0v) is 20.6. The molecule has 0 saturated heterocycles. The number of anilines is 1. The number of pyridine rings is 1. The van der Waals surface area contributed by atoms with Crippen LogP contribution >= 0.6 is 23.1 Å². The topological polar surface area (TPSA) is 116 Å². The quantitative estimate of drug-likeness (QED) is 0.329. The average Bonchev–Trinajstić information content (AvgIpc) is 2.96. The van der Waals surface area contributed by atoms with Crippen molar-refractivity contribution in [3.05, 3.63) is 38.9 Å². The van der Waals surface area contributed by atoms with Crippen LogP contribution < -0.4 is 5.32 Å². The fourth-order valence-electron chi connectivity index (χ4n) is 3.74. The van der Waals surface area contributed by atoms with E-state index in [1.54, 1.807) is 13.8 Å². The molecule has 1 amide bonds. The molecule has 1 aliphatic carbocycles. The average molecular weight is 483 g/mol. The van der Waals surface area contributed by atoms with Gasteiger partial charge in [0.25, 0.3) is 0 Å². The number of thioether (sulfide) groups is 1. The van der Waals surface area contributed by atoms with Gasteiger partial charge in [0.2, 0.25) is 5.91 Å². The second-order valence-corrected chi connectivity index (χ2v) is 9.93. The van der Waals surface area contributed by atoms with E-state index in [1.807, 2.05) is 13.0 Å². The summed E-state index contributed by atoms with van der Waals surface area (Å²) in [5.74, 6) is -0.803. The number of hydrogen-bond acceptors (Lipinski definition) is 8. The monoisotopic (exact) mass is 482 g/mol. The summed E-state index contributed by atoms with van der Waals surface area (Å²) in [6, 6.07) is 6.23. The Hall–Kier alpha value is -2.88. The molecule has 172 valence electrons. The highest BCUT2D eigenvalue weighted by molar-refractivity contribution is 8.00. The smallest absolute Gasteiger partial charge is 0.348 e. The third kappa shape index (κ3) is 5.55. The van der Waals surface area contributed by atoms with Crippen molar-refractivity contribution in [2.24, 2.45) is 0 Å². The summed E-state index contributed by atoms with van der Waals surface area (Å²) < 4.78 is 5.06. The molecule has 0 spiro atoms. The number of rotatable bonds is 7. The van der Waals surface area contributed by atoms with Crippen molar-refractivity contribution in [2.45, 2.75) is 69.6 Å². The maximum atomic E-state index is 13.1. The van der Waals surface area contributed by atoms with Crippen molar-refractivity contribution in [2.75, 3.05) is 11.9 Å². The van der Waals surface area contributed by atoms with Gasteiger partial charge < -0.3 is 10.1 Å². The van der Waals surface area contributed by atoms with Crippen molar-refractivity contribution < 1.29 is 14.3 Å². The zero-order valence-electron chi connectivity index (χ0n) is 19.0. The highest BCUT2D eigenvalue weighted by atomic mass is 32.2. The molecule has 1 N–H and O–H groups in total. The Bertz CT molecular complexity index is 1140. The molecule has 0 aromatic carbocycles.